The van der Waals surface area contributed by atoms with Gasteiger partial charge in [-0.15, -0.1) is 11.6 Å². The summed E-state index contributed by atoms with van der Waals surface area (Å²) in [5.74, 6) is 0.580. The molecule has 0 aliphatic rings. The quantitative estimate of drug-likeness (QED) is 0.632. The summed E-state index contributed by atoms with van der Waals surface area (Å²) < 4.78 is 0. The topological polar surface area (TPSA) is 0 Å². The fourth-order valence-corrected chi connectivity index (χ4v) is 2.57. The van der Waals surface area contributed by atoms with Crippen molar-refractivity contribution in [2.24, 2.45) is 5.92 Å². The third kappa shape index (κ3) is 4.35. The lowest BCUT2D eigenvalue weighted by Crippen LogP contribution is -2.08. The number of benzene rings is 1. The zero-order chi connectivity index (χ0) is 13.0. The van der Waals surface area contributed by atoms with Crippen LogP contribution in [0.3, 0.4) is 0 Å². The second kappa shape index (κ2) is 6.44. The molecule has 0 radical (unpaired) electrons. The van der Waals surface area contributed by atoms with Crippen molar-refractivity contribution in [3.05, 3.63) is 34.4 Å². The molecule has 0 saturated heterocycles. The van der Waals surface area contributed by atoms with Crippen molar-refractivity contribution in [2.45, 2.75) is 59.3 Å². The van der Waals surface area contributed by atoms with Crippen LogP contribution in [-0.2, 0) is 6.42 Å². The predicted octanol–water partition coefficient (Wildman–Crippen LogP) is 5.20. The average molecular weight is 253 g/mol. The van der Waals surface area contributed by atoms with Crippen molar-refractivity contribution in [1.82, 2.24) is 0 Å². The first-order valence-corrected chi connectivity index (χ1v) is 7.06. The summed E-state index contributed by atoms with van der Waals surface area (Å²) in [4.78, 5) is 0. The number of rotatable bonds is 5. The van der Waals surface area contributed by atoms with Crippen LogP contribution in [0.1, 0.15) is 48.9 Å². The van der Waals surface area contributed by atoms with E-state index in [0.29, 0.717) is 11.3 Å². The molecule has 0 nitrogen and oxygen atoms in total. The lowest BCUT2D eigenvalue weighted by Gasteiger charge is -2.15. The molecule has 0 heterocycles. The summed E-state index contributed by atoms with van der Waals surface area (Å²) >= 11 is 6.29. The molecule has 1 unspecified atom stereocenters. The predicted molar refractivity (Wildman–Crippen MR) is 78.1 cm³/mol. The van der Waals surface area contributed by atoms with Crippen LogP contribution >= 0.6 is 11.6 Å². The van der Waals surface area contributed by atoms with Gasteiger partial charge in [0.25, 0.3) is 0 Å². The smallest absolute Gasteiger partial charge is 0.0359 e. The molecule has 17 heavy (non-hydrogen) atoms. The third-order valence-electron chi connectivity index (χ3n) is 3.47. The van der Waals surface area contributed by atoms with Gasteiger partial charge in [-0.25, -0.2) is 0 Å². The fourth-order valence-electron chi connectivity index (χ4n) is 2.41. The number of aryl methyl sites for hydroxylation is 3. The minimum absolute atomic E-state index is 0.320. The molecule has 1 aromatic carbocycles. The summed E-state index contributed by atoms with van der Waals surface area (Å²) in [6.07, 6.45) is 3.47. The van der Waals surface area contributed by atoms with E-state index in [1.807, 2.05) is 0 Å². The van der Waals surface area contributed by atoms with Gasteiger partial charge in [0.2, 0.25) is 0 Å². The van der Waals surface area contributed by atoms with E-state index in [-0.39, 0.29) is 0 Å². The molecular formula is C16H25Cl. The van der Waals surface area contributed by atoms with Gasteiger partial charge in [0, 0.05) is 5.38 Å². The van der Waals surface area contributed by atoms with Crippen LogP contribution in [0.25, 0.3) is 0 Å². The maximum Gasteiger partial charge on any atom is 0.0359 e. The molecule has 1 rings (SSSR count). The third-order valence-corrected chi connectivity index (χ3v) is 4.19. The first kappa shape index (κ1) is 14.6. The molecule has 0 spiro atoms. The Morgan fingerprint density at radius 2 is 1.59 bits per heavy atom. The van der Waals surface area contributed by atoms with E-state index < -0.39 is 0 Å². The second-order valence-corrected chi connectivity index (χ2v) is 6.09. The van der Waals surface area contributed by atoms with Gasteiger partial charge in [-0.1, -0.05) is 31.5 Å². The van der Waals surface area contributed by atoms with Crippen LogP contribution in [0.4, 0.5) is 0 Å². The Morgan fingerprint density at radius 3 is 2.06 bits per heavy atom. The Labute approximate surface area is 111 Å². The van der Waals surface area contributed by atoms with Crippen LogP contribution < -0.4 is 0 Å². The van der Waals surface area contributed by atoms with Gasteiger partial charge in [0.05, 0.1) is 0 Å². The van der Waals surface area contributed by atoms with E-state index in [9.17, 15) is 0 Å². The van der Waals surface area contributed by atoms with Gasteiger partial charge in [-0.2, -0.15) is 0 Å². The highest BCUT2D eigenvalue weighted by atomic mass is 35.5. The Kier molecular flexibility index (Phi) is 5.52. The van der Waals surface area contributed by atoms with E-state index in [0.717, 1.165) is 12.8 Å². The van der Waals surface area contributed by atoms with Gasteiger partial charge in [-0.3, -0.25) is 0 Å². The van der Waals surface area contributed by atoms with Gasteiger partial charge in [0.1, 0.15) is 0 Å². The molecule has 1 atom stereocenters. The zero-order valence-corrected chi connectivity index (χ0v) is 12.6. The Bertz CT molecular complexity index is 343. The van der Waals surface area contributed by atoms with Gasteiger partial charge < -0.3 is 0 Å². The average Bonchev–Trinajstić information content (AvgIpc) is 2.21. The number of alkyl halides is 1. The first-order valence-electron chi connectivity index (χ1n) is 6.62. The van der Waals surface area contributed by atoms with Crippen molar-refractivity contribution in [2.75, 3.05) is 0 Å². The maximum atomic E-state index is 6.29. The first-order chi connectivity index (χ1) is 7.91. The molecule has 0 saturated carbocycles. The van der Waals surface area contributed by atoms with Crippen molar-refractivity contribution < 1.29 is 0 Å². The minimum Gasteiger partial charge on any atom is -0.123 e. The van der Waals surface area contributed by atoms with Crippen LogP contribution in [0, 0.1) is 26.7 Å². The highest BCUT2D eigenvalue weighted by Crippen LogP contribution is 2.21. The number of halogens is 1. The Hall–Kier alpha value is -0.490. The molecule has 1 heteroatoms. The standard InChI is InChI=1S/C16H25Cl/c1-11(2)16(17)8-6-7-15-13(4)9-12(3)10-14(15)5/h9-11,16H,6-8H2,1-5H3. The van der Waals surface area contributed by atoms with E-state index in [2.05, 4.69) is 46.8 Å². The lowest BCUT2D eigenvalue weighted by molar-refractivity contribution is 0.546. The van der Waals surface area contributed by atoms with Crippen LogP contribution in [0.15, 0.2) is 12.1 Å². The van der Waals surface area contributed by atoms with Crippen LogP contribution in [-0.4, -0.2) is 5.38 Å². The zero-order valence-electron chi connectivity index (χ0n) is 11.8. The van der Waals surface area contributed by atoms with Crippen molar-refractivity contribution in [3.63, 3.8) is 0 Å². The highest BCUT2D eigenvalue weighted by Gasteiger charge is 2.10. The van der Waals surface area contributed by atoms with Crippen molar-refractivity contribution in [3.8, 4) is 0 Å². The molecular weight excluding hydrogens is 228 g/mol. The number of hydrogen-bond acceptors (Lipinski definition) is 0. The van der Waals surface area contributed by atoms with E-state index in [1.165, 1.54) is 28.7 Å². The molecule has 0 N–H and O–H groups in total. The van der Waals surface area contributed by atoms with Crippen molar-refractivity contribution >= 4 is 11.6 Å². The SMILES string of the molecule is Cc1cc(C)c(CCCC(Cl)C(C)C)c(C)c1. The maximum absolute atomic E-state index is 6.29. The molecule has 1 aromatic rings. The fraction of sp³-hybridized carbons (Fsp3) is 0.625. The monoisotopic (exact) mass is 252 g/mol. The van der Waals surface area contributed by atoms with Crippen molar-refractivity contribution in [1.29, 1.82) is 0 Å². The summed E-state index contributed by atoms with van der Waals surface area (Å²) in [6, 6.07) is 4.56. The van der Waals surface area contributed by atoms with E-state index in [4.69, 9.17) is 11.6 Å². The molecule has 0 aliphatic carbocycles. The molecule has 0 fully saturated rings. The van der Waals surface area contributed by atoms with Gasteiger partial charge in [0.15, 0.2) is 0 Å². The number of hydrogen-bond donors (Lipinski definition) is 0. The molecule has 0 aliphatic heterocycles. The summed E-state index contributed by atoms with van der Waals surface area (Å²) in [5, 5.41) is 0.320. The normalized spacial score (nSPS) is 13.1. The summed E-state index contributed by atoms with van der Waals surface area (Å²) in [6.45, 7) is 11.0. The second-order valence-electron chi connectivity index (χ2n) is 5.53. The van der Waals surface area contributed by atoms with Crippen LogP contribution in [0.5, 0.6) is 0 Å². The molecule has 0 amide bonds. The van der Waals surface area contributed by atoms with Gasteiger partial charge in [-0.05, 0) is 62.6 Å². The molecule has 0 aromatic heterocycles. The Morgan fingerprint density at radius 1 is 1.06 bits per heavy atom. The molecule has 96 valence electrons. The summed E-state index contributed by atoms with van der Waals surface area (Å²) in [5.41, 5.74) is 5.74. The highest BCUT2D eigenvalue weighted by molar-refractivity contribution is 6.20. The molecule has 0 bridgehead atoms. The van der Waals surface area contributed by atoms with Crippen LogP contribution in [0.2, 0.25) is 0 Å². The lowest BCUT2D eigenvalue weighted by atomic mass is 9.94. The summed E-state index contributed by atoms with van der Waals surface area (Å²) in [7, 11) is 0. The Balaban J connectivity index is 2.58. The largest absolute Gasteiger partial charge is 0.123 e. The minimum atomic E-state index is 0.320. The van der Waals surface area contributed by atoms with E-state index >= 15 is 0 Å². The van der Waals surface area contributed by atoms with E-state index in [1.54, 1.807) is 0 Å². The van der Waals surface area contributed by atoms with Gasteiger partial charge >= 0.3 is 0 Å².